The maximum Gasteiger partial charge on any atom is 0.272 e. The first-order chi connectivity index (χ1) is 25.7. The third kappa shape index (κ3) is 9.43. The van der Waals surface area contributed by atoms with Crippen LogP contribution in [0.2, 0.25) is 0 Å². The Labute approximate surface area is 314 Å². The number of thiophene rings is 1. The maximum atomic E-state index is 13.6. The van der Waals surface area contributed by atoms with Crippen molar-refractivity contribution in [3.8, 4) is 6.07 Å². The molecule has 0 saturated heterocycles. The highest BCUT2D eigenvalue weighted by atomic mass is 32.2. The molecule has 1 aliphatic heterocycles. The first kappa shape index (κ1) is 36.7. The first-order valence-corrected chi connectivity index (χ1v) is 18.4. The number of nitro groups is 1. The van der Waals surface area contributed by atoms with Crippen LogP contribution in [-0.2, 0) is 29.1 Å². The molecule has 53 heavy (non-hydrogen) atoms. The van der Waals surface area contributed by atoms with E-state index in [1.807, 2.05) is 24.3 Å². The van der Waals surface area contributed by atoms with Crippen molar-refractivity contribution in [1.29, 1.82) is 5.26 Å². The minimum atomic E-state index is -0.617. The van der Waals surface area contributed by atoms with Crippen molar-refractivity contribution < 1.29 is 19.3 Å². The molecule has 1 aliphatic rings. The number of carbonyl (C=O) groups is 3. The SMILES string of the molecule is CC(Sc1cccc(NC(=O)/C(=C\c2ccc([N+](=O)[O-])cc2)NC(=O)c2ccccc2)c1)C(=O)Nc1sc2c(c1C#N)CCN(Cc1ccccc1)C2. The molecule has 0 spiro atoms. The molecule has 0 bridgehead atoms. The average Bonchev–Trinajstić information content (AvgIpc) is 3.51. The summed E-state index contributed by atoms with van der Waals surface area (Å²) in [4.78, 5) is 54.7. The molecule has 13 heteroatoms. The number of benzene rings is 4. The number of thioether (sulfide) groups is 1. The zero-order valence-electron chi connectivity index (χ0n) is 28.6. The standard InChI is InChI=1S/C40H34N6O5S2/c1-26(37(47)44-40-34(23-41)33-19-20-45(25-36(33)53-40)24-28-9-4-2-5-10-28)52-32-14-8-13-30(22-32)42-39(49)35(43-38(48)29-11-6-3-7-12-29)21-27-15-17-31(18-16-27)46(50)51/h2-18,21-22,26H,19-20,24-25H2,1H3,(H,42,49)(H,43,48)(H,44,47)/b35-21+. The van der Waals surface area contributed by atoms with Crippen molar-refractivity contribution in [1.82, 2.24) is 10.2 Å². The predicted molar refractivity (Wildman–Crippen MR) is 207 cm³/mol. The number of amides is 3. The third-order valence-electron chi connectivity index (χ3n) is 8.45. The molecule has 1 atom stereocenters. The van der Waals surface area contributed by atoms with Crippen LogP contribution in [0.25, 0.3) is 6.08 Å². The molecule has 11 nitrogen and oxygen atoms in total. The second-order valence-corrected chi connectivity index (χ2v) is 14.7. The Kier molecular flexibility index (Phi) is 11.8. The summed E-state index contributed by atoms with van der Waals surface area (Å²) in [5, 5.41) is 29.6. The summed E-state index contributed by atoms with van der Waals surface area (Å²) in [6.45, 7) is 4.13. The van der Waals surface area contributed by atoms with Crippen molar-refractivity contribution in [3.63, 3.8) is 0 Å². The smallest absolute Gasteiger partial charge is 0.272 e. The number of hydrogen-bond acceptors (Lipinski definition) is 9. The number of nitrogens with zero attached hydrogens (tertiary/aromatic N) is 3. The van der Waals surface area contributed by atoms with Crippen molar-refractivity contribution in [2.75, 3.05) is 17.2 Å². The van der Waals surface area contributed by atoms with E-state index in [1.54, 1.807) is 55.5 Å². The molecule has 1 aromatic heterocycles. The number of nitriles is 1. The van der Waals surface area contributed by atoms with E-state index in [2.05, 4.69) is 39.1 Å². The van der Waals surface area contributed by atoms with Crippen molar-refractivity contribution in [2.24, 2.45) is 0 Å². The Hall–Kier alpha value is -6.07. The summed E-state index contributed by atoms with van der Waals surface area (Å²) >= 11 is 2.75. The van der Waals surface area contributed by atoms with Gasteiger partial charge >= 0.3 is 0 Å². The highest BCUT2D eigenvalue weighted by molar-refractivity contribution is 8.00. The lowest BCUT2D eigenvalue weighted by Gasteiger charge is -2.26. The molecule has 3 amide bonds. The topological polar surface area (TPSA) is 157 Å². The molecule has 0 saturated carbocycles. The van der Waals surface area contributed by atoms with Gasteiger partial charge in [-0.2, -0.15) is 5.26 Å². The van der Waals surface area contributed by atoms with Crippen molar-refractivity contribution in [3.05, 3.63) is 158 Å². The number of non-ortho nitro benzene ring substituents is 1. The molecule has 5 aromatic rings. The third-order valence-corrected chi connectivity index (χ3v) is 10.7. The van der Waals surface area contributed by atoms with Crippen LogP contribution in [0.15, 0.2) is 120 Å². The molecule has 0 fully saturated rings. The highest BCUT2D eigenvalue weighted by Gasteiger charge is 2.27. The molecular formula is C40H34N6O5S2. The minimum absolute atomic E-state index is 0.0753. The fourth-order valence-electron chi connectivity index (χ4n) is 5.76. The normalized spacial score (nSPS) is 13.2. The van der Waals surface area contributed by atoms with Crippen LogP contribution in [0, 0.1) is 21.4 Å². The van der Waals surface area contributed by atoms with Gasteiger partial charge in [-0.1, -0.05) is 54.6 Å². The molecule has 266 valence electrons. The van der Waals surface area contributed by atoms with E-state index in [-0.39, 0.29) is 17.3 Å². The number of anilines is 2. The van der Waals surface area contributed by atoms with Crippen LogP contribution >= 0.6 is 23.1 Å². The highest BCUT2D eigenvalue weighted by Crippen LogP contribution is 2.38. The number of nitro benzene ring substituents is 1. The summed E-state index contributed by atoms with van der Waals surface area (Å²) in [6.07, 6.45) is 2.17. The van der Waals surface area contributed by atoms with Crippen LogP contribution in [0.4, 0.5) is 16.4 Å². The second-order valence-electron chi connectivity index (χ2n) is 12.2. The molecule has 0 aliphatic carbocycles. The van der Waals surface area contributed by atoms with Gasteiger partial charge in [-0.3, -0.25) is 29.4 Å². The lowest BCUT2D eigenvalue weighted by Crippen LogP contribution is -2.30. The Morgan fingerprint density at radius 1 is 0.981 bits per heavy atom. The van der Waals surface area contributed by atoms with Gasteiger partial charge in [0.1, 0.15) is 16.8 Å². The van der Waals surface area contributed by atoms with Gasteiger partial charge in [0, 0.05) is 52.8 Å². The van der Waals surface area contributed by atoms with E-state index in [9.17, 15) is 29.8 Å². The van der Waals surface area contributed by atoms with Gasteiger partial charge in [0.05, 0.1) is 15.7 Å². The molecule has 4 aromatic carbocycles. The maximum absolute atomic E-state index is 13.6. The van der Waals surface area contributed by atoms with Crippen LogP contribution in [0.5, 0.6) is 0 Å². The van der Waals surface area contributed by atoms with Crippen molar-refractivity contribution >= 4 is 63.3 Å². The van der Waals surface area contributed by atoms with Gasteiger partial charge in [-0.25, -0.2) is 0 Å². The molecule has 0 radical (unpaired) electrons. The Morgan fingerprint density at radius 2 is 1.70 bits per heavy atom. The van der Waals surface area contributed by atoms with E-state index >= 15 is 0 Å². The lowest BCUT2D eigenvalue weighted by atomic mass is 10.0. The summed E-state index contributed by atoms with van der Waals surface area (Å²) in [7, 11) is 0. The zero-order valence-corrected chi connectivity index (χ0v) is 30.2. The van der Waals surface area contributed by atoms with Crippen LogP contribution in [-0.4, -0.2) is 39.3 Å². The fraction of sp³-hybridized carbons (Fsp3) is 0.150. The van der Waals surface area contributed by atoms with Gasteiger partial charge in [0.25, 0.3) is 17.5 Å². The minimum Gasteiger partial charge on any atom is -0.321 e. The molecule has 1 unspecified atom stereocenters. The van der Waals surface area contributed by atoms with Crippen LogP contribution in [0.3, 0.4) is 0 Å². The van der Waals surface area contributed by atoms with E-state index in [0.717, 1.165) is 30.0 Å². The number of nitrogens with one attached hydrogen (secondary N) is 3. The quantitative estimate of drug-likeness (QED) is 0.0510. The molecule has 2 heterocycles. The second kappa shape index (κ2) is 17.0. The van der Waals surface area contributed by atoms with Gasteiger partial charge in [0.2, 0.25) is 5.91 Å². The molecule has 3 N–H and O–H groups in total. The van der Waals surface area contributed by atoms with Crippen LogP contribution < -0.4 is 16.0 Å². The van der Waals surface area contributed by atoms with Crippen LogP contribution in [0.1, 0.15) is 44.4 Å². The Balaban J connectivity index is 1.12. The fourth-order valence-corrected chi connectivity index (χ4v) is 7.93. The van der Waals surface area contributed by atoms with Gasteiger partial charge in [0.15, 0.2) is 0 Å². The number of fused-ring (bicyclic) bond motifs is 1. The summed E-state index contributed by atoms with van der Waals surface area (Å²) in [5.41, 5.74) is 3.81. The summed E-state index contributed by atoms with van der Waals surface area (Å²) in [5.74, 6) is -1.38. The molecule has 6 rings (SSSR count). The summed E-state index contributed by atoms with van der Waals surface area (Å²) in [6, 6.07) is 33.5. The number of carbonyl (C=O) groups excluding carboxylic acids is 3. The Bertz CT molecular complexity index is 2220. The number of hydrogen-bond donors (Lipinski definition) is 3. The van der Waals surface area contributed by atoms with E-state index in [0.29, 0.717) is 38.8 Å². The number of rotatable bonds is 12. The lowest BCUT2D eigenvalue weighted by molar-refractivity contribution is -0.384. The molecular weight excluding hydrogens is 709 g/mol. The summed E-state index contributed by atoms with van der Waals surface area (Å²) < 4.78 is 0. The first-order valence-electron chi connectivity index (χ1n) is 16.7. The average molecular weight is 743 g/mol. The largest absolute Gasteiger partial charge is 0.321 e. The zero-order chi connectivity index (χ0) is 37.3. The van der Waals surface area contributed by atoms with Gasteiger partial charge in [-0.05, 0) is 78.6 Å². The van der Waals surface area contributed by atoms with Gasteiger partial charge < -0.3 is 16.0 Å². The van der Waals surface area contributed by atoms with E-state index < -0.39 is 22.0 Å². The Morgan fingerprint density at radius 3 is 2.40 bits per heavy atom. The van der Waals surface area contributed by atoms with E-state index in [1.165, 1.54) is 59.0 Å². The predicted octanol–water partition coefficient (Wildman–Crippen LogP) is 7.62. The monoisotopic (exact) mass is 742 g/mol. The van der Waals surface area contributed by atoms with E-state index in [4.69, 9.17) is 0 Å². The van der Waals surface area contributed by atoms with Crippen molar-refractivity contribution in [2.45, 2.75) is 36.6 Å². The van der Waals surface area contributed by atoms with Gasteiger partial charge in [-0.15, -0.1) is 23.1 Å².